The van der Waals surface area contributed by atoms with Gasteiger partial charge in [-0.2, -0.15) is 0 Å². The number of aromatic amines is 1. The maximum absolute atomic E-state index is 10.8. The summed E-state index contributed by atoms with van der Waals surface area (Å²) in [4.78, 5) is 26.1. The Morgan fingerprint density at radius 2 is 2.45 bits per heavy atom. The number of nitrogens with one attached hydrogen (secondary N) is 2. The third-order valence-corrected chi connectivity index (χ3v) is 1.04. The highest BCUT2D eigenvalue weighted by atomic mass is 16.3. The van der Waals surface area contributed by atoms with Crippen LogP contribution >= 0.6 is 0 Å². The molecular weight excluding hydrogens is 150 g/mol. The monoisotopic (exact) mass is 155 g/mol. The lowest BCUT2D eigenvalue weighted by molar-refractivity contribution is -0.105. The average Bonchev–Trinajstić information content (AvgIpc) is 1.97. The summed E-state index contributed by atoms with van der Waals surface area (Å²) < 4.78 is 0. The number of carbonyl (C=O) groups excluding carboxylic acids is 1. The molecule has 0 radical (unpaired) electrons. The summed E-state index contributed by atoms with van der Waals surface area (Å²) in [5.41, 5.74) is -0.841. The van der Waals surface area contributed by atoms with Crippen LogP contribution in [0.5, 0.6) is 5.88 Å². The molecule has 0 unspecified atom stereocenters. The first-order valence-corrected chi connectivity index (χ1v) is 2.72. The van der Waals surface area contributed by atoms with Gasteiger partial charge in [0.05, 0.1) is 6.33 Å². The molecule has 0 aliphatic rings. The first kappa shape index (κ1) is 7.26. The molecule has 0 spiro atoms. The highest BCUT2D eigenvalue weighted by molar-refractivity contribution is 5.73. The molecule has 58 valence electrons. The van der Waals surface area contributed by atoms with Crippen LogP contribution in [0, 0.1) is 0 Å². The Morgan fingerprint density at radius 3 is 3.00 bits per heavy atom. The van der Waals surface area contributed by atoms with E-state index in [1.165, 1.54) is 0 Å². The van der Waals surface area contributed by atoms with Crippen molar-refractivity contribution in [3.8, 4) is 5.88 Å². The summed E-state index contributed by atoms with van der Waals surface area (Å²) in [6, 6.07) is 0. The number of carbonyl (C=O) groups is 1. The third kappa shape index (κ3) is 1.34. The van der Waals surface area contributed by atoms with Crippen LogP contribution in [0.2, 0.25) is 0 Å². The van der Waals surface area contributed by atoms with Crippen LogP contribution in [-0.4, -0.2) is 21.5 Å². The third-order valence-electron chi connectivity index (χ3n) is 1.04. The fraction of sp³-hybridized carbons (Fsp3) is 0. The molecule has 6 heteroatoms. The Balaban J connectivity index is 3.20. The van der Waals surface area contributed by atoms with E-state index in [2.05, 4.69) is 9.97 Å². The van der Waals surface area contributed by atoms with Crippen LogP contribution in [0.4, 0.5) is 5.69 Å². The first-order valence-electron chi connectivity index (χ1n) is 2.72. The Morgan fingerprint density at radius 1 is 1.73 bits per heavy atom. The van der Waals surface area contributed by atoms with E-state index in [0.717, 1.165) is 6.33 Å². The molecule has 0 bridgehead atoms. The number of rotatable bonds is 2. The molecule has 0 aliphatic heterocycles. The molecule has 3 N–H and O–H groups in total. The van der Waals surface area contributed by atoms with E-state index < -0.39 is 11.4 Å². The van der Waals surface area contributed by atoms with Crippen molar-refractivity contribution in [3.05, 3.63) is 16.7 Å². The minimum absolute atomic E-state index is 0.248. The second-order valence-corrected chi connectivity index (χ2v) is 1.69. The van der Waals surface area contributed by atoms with Gasteiger partial charge in [0.2, 0.25) is 12.3 Å². The predicted octanol–water partition coefficient (Wildman–Crippen LogP) is -0.956. The quantitative estimate of drug-likeness (QED) is 0.479. The fourth-order valence-electron chi connectivity index (χ4n) is 0.579. The summed E-state index contributed by atoms with van der Waals surface area (Å²) in [6.45, 7) is 0. The van der Waals surface area contributed by atoms with Gasteiger partial charge >= 0.3 is 0 Å². The van der Waals surface area contributed by atoms with Crippen LogP contribution in [-0.2, 0) is 4.79 Å². The molecule has 1 heterocycles. The van der Waals surface area contributed by atoms with Gasteiger partial charge in [-0.15, -0.1) is 0 Å². The number of H-pyrrole nitrogens is 1. The molecule has 1 rings (SSSR count). The molecule has 0 saturated heterocycles. The zero-order chi connectivity index (χ0) is 8.27. The standard InChI is InChI=1S/C5H5N3O3/c9-2-8-3-4(10)6-1-7-5(3)11/h1-2H,(H,8,9)(H2,6,7,10,11). The zero-order valence-corrected chi connectivity index (χ0v) is 5.37. The van der Waals surface area contributed by atoms with Crippen LogP contribution in [0.3, 0.4) is 0 Å². The second kappa shape index (κ2) is 2.82. The van der Waals surface area contributed by atoms with Gasteiger partial charge in [-0.3, -0.25) is 9.59 Å². The Labute approximate surface area is 60.9 Å². The van der Waals surface area contributed by atoms with E-state index in [4.69, 9.17) is 5.11 Å². The number of amides is 1. The summed E-state index contributed by atoms with van der Waals surface area (Å²) in [7, 11) is 0. The molecule has 0 atom stereocenters. The van der Waals surface area contributed by atoms with E-state index in [1.807, 2.05) is 5.32 Å². The van der Waals surface area contributed by atoms with E-state index in [9.17, 15) is 9.59 Å². The minimum Gasteiger partial charge on any atom is -0.492 e. The summed E-state index contributed by atoms with van der Waals surface area (Å²) in [6.07, 6.45) is 1.32. The van der Waals surface area contributed by atoms with Crippen molar-refractivity contribution in [2.75, 3.05) is 5.32 Å². The zero-order valence-electron chi connectivity index (χ0n) is 5.37. The van der Waals surface area contributed by atoms with Crippen LogP contribution < -0.4 is 10.9 Å². The van der Waals surface area contributed by atoms with Crippen LogP contribution in [0.15, 0.2) is 11.1 Å². The van der Waals surface area contributed by atoms with Crippen molar-refractivity contribution < 1.29 is 9.90 Å². The molecule has 1 amide bonds. The minimum atomic E-state index is -0.593. The van der Waals surface area contributed by atoms with E-state index >= 15 is 0 Å². The fourth-order valence-corrected chi connectivity index (χ4v) is 0.579. The molecule has 11 heavy (non-hydrogen) atoms. The molecule has 6 nitrogen and oxygen atoms in total. The number of hydrogen-bond acceptors (Lipinski definition) is 4. The number of aromatic nitrogens is 2. The van der Waals surface area contributed by atoms with Gasteiger partial charge < -0.3 is 15.4 Å². The second-order valence-electron chi connectivity index (χ2n) is 1.69. The Bertz CT molecular complexity index is 319. The van der Waals surface area contributed by atoms with Gasteiger partial charge in [-0.25, -0.2) is 4.98 Å². The highest BCUT2D eigenvalue weighted by Crippen LogP contribution is 2.10. The lowest BCUT2D eigenvalue weighted by Crippen LogP contribution is -2.13. The Kier molecular flexibility index (Phi) is 1.86. The number of nitrogens with zero attached hydrogens (tertiary/aromatic N) is 1. The summed E-state index contributed by atoms with van der Waals surface area (Å²) in [5, 5.41) is 10.9. The molecule has 0 saturated carbocycles. The molecular formula is C5H5N3O3. The van der Waals surface area contributed by atoms with Crippen molar-refractivity contribution in [2.45, 2.75) is 0 Å². The van der Waals surface area contributed by atoms with Crippen molar-refractivity contribution in [1.82, 2.24) is 9.97 Å². The SMILES string of the molecule is O=CNc1c(O)nc[nH]c1=O. The van der Waals surface area contributed by atoms with Gasteiger partial charge in [0.15, 0.2) is 5.69 Å². The smallest absolute Gasteiger partial charge is 0.278 e. The van der Waals surface area contributed by atoms with Gasteiger partial charge in [-0.05, 0) is 0 Å². The highest BCUT2D eigenvalue weighted by Gasteiger charge is 2.04. The first-order chi connectivity index (χ1) is 5.25. The number of aromatic hydroxyl groups is 1. The average molecular weight is 155 g/mol. The van der Waals surface area contributed by atoms with Gasteiger partial charge in [0.1, 0.15) is 0 Å². The summed E-state index contributed by atoms with van der Waals surface area (Å²) in [5.74, 6) is -0.499. The Hall–Kier alpha value is -1.85. The lowest BCUT2D eigenvalue weighted by atomic mass is 10.5. The molecule has 1 aromatic rings. The molecule has 0 aromatic carbocycles. The van der Waals surface area contributed by atoms with Crippen LogP contribution in [0.1, 0.15) is 0 Å². The maximum Gasteiger partial charge on any atom is 0.278 e. The summed E-state index contributed by atoms with van der Waals surface area (Å²) >= 11 is 0. The predicted molar refractivity (Wildman–Crippen MR) is 36.2 cm³/mol. The molecule has 0 aliphatic carbocycles. The van der Waals surface area contributed by atoms with Crippen LogP contribution in [0.25, 0.3) is 0 Å². The maximum atomic E-state index is 10.8. The molecule has 1 aromatic heterocycles. The van der Waals surface area contributed by atoms with E-state index in [-0.39, 0.29) is 12.1 Å². The van der Waals surface area contributed by atoms with Crippen molar-refractivity contribution in [2.24, 2.45) is 0 Å². The lowest BCUT2D eigenvalue weighted by Gasteiger charge is -1.96. The number of hydrogen-bond donors (Lipinski definition) is 3. The van der Waals surface area contributed by atoms with Gasteiger partial charge in [0, 0.05) is 0 Å². The van der Waals surface area contributed by atoms with Gasteiger partial charge in [-0.1, -0.05) is 0 Å². The largest absolute Gasteiger partial charge is 0.492 e. The van der Waals surface area contributed by atoms with E-state index in [0.29, 0.717) is 0 Å². The van der Waals surface area contributed by atoms with Crippen molar-refractivity contribution in [1.29, 1.82) is 0 Å². The van der Waals surface area contributed by atoms with Gasteiger partial charge in [0.25, 0.3) is 5.56 Å². The normalized spacial score (nSPS) is 9.09. The van der Waals surface area contributed by atoms with E-state index in [1.54, 1.807) is 0 Å². The number of anilines is 1. The molecule has 0 fully saturated rings. The van der Waals surface area contributed by atoms with Crippen molar-refractivity contribution >= 4 is 12.1 Å². The topological polar surface area (TPSA) is 95.1 Å². The van der Waals surface area contributed by atoms with Crippen molar-refractivity contribution in [3.63, 3.8) is 0 Å².